The standard InChI is InChI=1S/C8H10ClNO/c1-6-4-3-5-7(11-2)8(6)10-9/h3-5,10H,1-2H3. The molecule has 0 bridgehead atoms. The highest BCUT2D eigenvalue weighted by Crippen LogP contribution is 2.27. The minimum atomic E-state index is 0.764. The Morgan fingerprint density at radius 3 is 2.64 bits per heavy atom. The van der Waals surface area contributed by atoms with Gasteiger partial charge in [0.1, 0.15) is 5.75 Å². The van der Waals surface area contributed by atoms with Crippen molar-refractivity contribution in [1.29, 1.82) is 0 Å². The first-order chi connectivity index (χ1) is 5.29. The fourth-order valence-corrected chi connectivity index (χ4v) is 1.17. The number of hydrogen-bond acceptors (Lipinski definition) is 2. The number of hydrogen-bond donors (Lipinski definition) is 1. The molecule has 0 amide bonds. The molecule has 0 saturated heterocycles. The van der Waals surface area contributed by atoms with Crippen molar-refractivity contribution in [3.05, 3.63) is 23.8 Å². The average molecular weight is 172 g/mol. The van der Waals surface area contributed by atoms with Gasteiger partial charge in [0.25, 0.3) is 0 Å². The molecule has 0 saturated carbocycles. The second-order valence-electron chi connectivity index (χ2n) is 2.25. The van der Waals surface area contributed by atoms with Gasteiger partial charge in [-0.1, -0.05) is 12.1 Å². The van der Waals surface area contributed by atoms with E-state index in [-0.39, 0.29) is 0 Å². The van der Waals surface area contributed by atoms with E-state index in [1.165, 1.54) is 0 Å². The van der Waals surface area contributed by atoms with Crippen LogP contribution in [0, 0.1) is 6.92 Å². The summed E-state index contributed by atoms with van der Waals surface area (Å²) < 4.78 is 5.07. The van der Waals surface area contributed by atoms with E-state index in [1.807, 2.05) is 25.1 Å². The largest absolute Gasteiger partial charge is 0.495 e. The zero-order valence-electron chi connectivity index (χ0n) is 6.52. The molecule has 60 valence electrons. The minimum absolute atomic E-state index is 0.764. The molecule has 0 atom stereocenters. The summed E-state index contributed by atoms with van der Waals surface area (Å²) in [7, 11) is 1.62. The summed E-state index contributed by atoms with van der Waals surface area (Å²) in [4.78, 5) is 2.56. The second kappa shape index (κ2) is 3.49. The molecule has 0 radical (unpaired) electrons. The molecular formula is C8H10ClNO. The summed E-state index contributed by atoms with van der Waals surface area (Å²) in [6.45, 7) is 1.97. The zero-order valence-corrected chi connectivity index (χ0v) is 7.27. The molecule has 0 heterocycles. The van der Waals surface area contributed by atoms with Crippen LogP contribution in [0.15, 0.2) is 18.2 Å². The molecule has 2 nitrogen and oxygen atoms in total. The van der Waals surface area contributed by atoms with Gasteiger partial charge in [0.15, 0.2) is 0 Å². The third kappa shape index (κ3) is 1.57. The van der Waals surface area contributed by atoms with Gasteiger partial charge >= 0.3 is 0 Å². The minimum Gasteiger partial charge on any atom is -0.495 e. The van der Waals surface area contributed by atoms with Crippen LogP contribution in [0.5, 0.6) is 5.75 Å². The Bertz CT molecular complexity index is 250. The fourth-order valence-electron chi connectivity index (χ4n) is 0.932. The predicted octanol–water partition coefficient (Wildman–Crippen LogP) is 2.57. The topological polar surface area (TPSA) is 21.3 Å². The van der Waals surface area contributed by atoms with E-state index >= 15 is 0 Å². The molecular weight excluding hydrogens is 162 g/mol. The Morgan fingerprint density at radius 1 is 1.45 bits per heavy atom. The van der Waals surface area contributed by atoms with Crippen LogP contribution >= 0.6 is 11.8 Å². The summed E-state index contributed by atoms with van der Waals surface area (Å²) in [6, 6.07) is 5.75. The zero-order chi connectivity index (χ0) is 8.27. The molecule has 1 rings (SSSR count). The number of ether oxygens (including phenoxy) is 1. The van der Waals surface area contributed by atoms with Gasteiger partial charge in [-0.25, -0.2) is 0 Å². The summed E-state index contributed by atoms with van der Waals surface area (Å²) in [5.74, 6) is 0.764. The molecule has 0 unspecified atom stereocenters. The number of aryl methyl sites for hydroxylation is 1. The highest BCUT2D eigenvalue weighted by molar-refractivity contribution is 6.24. The number of rotatable bonds is 2. The number of benzene rings is 1. The molecule has 1 N–H and O–H groups in total. The van der Waals surface area contributed by atoms with E-state index in [2.05, 4.69) is 4.84 Å². The van der Waals surface area contributed by atoms with Gasteiger partial charge < -0.3 is 4.74 Å². The summed E-state index contributed by atoms with van der Waals surface area (Å²) >= 11 is 5.49. The van der Waals surface area contributed by atoms with Crippen LogP contribution in [0.3, 0.4) is 0 Å². The molecule has 0 aromatic heterocycles. The molecule has 1 aromatic carbocycles. The number of anilines is 1. The van der Waals surface area contributed by atoms with Gasteiger partial charge in [0.2, 0.25) is 0 Å². The molecule has 3 heteroatoms. The van der Waals surface area contributed by atoms with Crippen LogP contribution < -0.4 is 9.57 Å². The van der Waals surface area contributed by atoms with Crippen molar-refractivity contribution in [3.63, 3.8) is 0 Å². The second-order valence-corrected chi connectivity index (χ2v) is 2.44. The first-order valence-electron chi connectivity index (χ1n) is 3.30. The molecule has 1 aromatic rings. The summed E-state index contributed by atoms with van der Waals surface area (Å²) in [6.07, 6.45) is 0. The van der Waals surface area contributed by atoms with Crippen molar-refractivity contribution in [3.8, 4) is 5.75 Å². The van der Waals surface area contributed by atoms with Gasteiger partial charge in [0, 0.05) is 11.8 Å². The first kappa shape index (κ1) is 8.21. The maximum absolute atomic E-state index is 5.49. The van der Waals surface area contributed by atoms with Crippen LogP contribution in [0.1, 0.15) is 5.56 Å². The van der Waals surface area contributed by atoms with Gasteiger partial charge in [-0.05, 0) is 18.6 Å². The summed E-state index contributed by atoms with van der Waals surface area (Å²) in [5.41, 5.74) is 1.90. The van der Waals surface area contributed by atoms with E-state index in [9.17, 15) is 0 Å². The first-order valence-corrected chi connectivity index (χ1v) is 3.67. The Hall–Kier alpha value is -0.890. The van der Waals surface area contributed by atoms with Crippen LogP contribution in [0.4, 0.5) is 5.69 Å². The quantitative estimate of drug-likeness (QED) is 0.691. The molecule has 0 aliphatic rings. The smallest absolute Gasteiger partial charge is 0.143 e. The maximum Gasteiger partial charge on any atom is 0.143 e. The van der Waals surface area contributed by atoms with Crippen molar-refractivity contribution in [2.45, 2.75) is 6.92 Å². The van der Waals surface area contributed by atoms with Gasteiger partial charge in [-0.15, -0.1) is 0 Å². The lowest BCUT2D eigenvalue weighted by molar-refractivity contribution is 0.416. The maximum atomic E-state index is 5.49. The van der Waals surface area contributed by atoms with Crippen molar-refractivity contribution in [2.24, 2.45) is 0 Å². The van der Waals surface area contributed by atoms with Crippen LogP contribution in [-0.2, 0) is 0 Å². The lowest BCUT2D eigenvalue weighted by Crippen LogP contribution is -1.91. The molecule has 0 spiro atoms. The normalized spacial score (nSPS) is 9.36. The van der Waals surface area contributed by atoms with Crippen LogP contribution in [0.2, 0.25) is 0 Å². The van der Waals surface area contributed by atoms with E-state index in [1.54, 1.807) is 7.11 Å². The van der Waals surface area contributed by atoms with Gasteiger partial charge in [-0.3, -0.25) is 4.84 Å². The third-order valence-electron chi connectivity index (χ3n) is 1.55. The van der Waals surface area contributed by atoms with Crippen LogP contribution in [0.25, 0.3) is 0 Å². The Kier molecular flexibility index (Phi) is 2.60. The highest BCUT2D eigenvalue weighted by atomic mass is 35.5. The van der Waals surface area contributed by atoms with E-state index in [0.29, 0.717) is 0 Å². The molecule has 0 fully saturated rings. The van der Waals surface area contributed by atoms with Crippen molar-refractivity contribution in [1.82, 2.24) is 0 Å². The lowest BCUT2D eigenvalue weighted by atomic mass is 10.2. The van der Waals surface area contributed by atoms with E-state index in [4.69, 9.17) is 16.5 Å². The average Bonchev–Trinajstić information content (AvgIpc) is 2.04. The molecule has 0 aliphatic heterocycles. The number of nitrogens with one attached hydrogen (secondary N) is 1. The molecule has 11 heavy (non-hydrogen) atoms. The Balaban J connectivity index is 3.13. The van der Waals surface area contributed by atoms with Crippen molar-refractivity contribution < 1.29 is 4.74 Å². The summed E-state index contributed by atoms with van der Waals surface area (Å²) in [5, 5.41) is 0. The Labute approximate surface area is 71.2 Å². The van der Waals surface area contributed by atoms with Crippen molar-refractivity contribution in [2.75, 3.05) is 11.9 Å². The number of methoxy groups -OCH3 is 1. The number of halogens is 1. The fraction of sp³-hybridized carbons (Fsp3) is 0.250. The number of para-hydroxylation sites is 1. The van der Waals surface area contributed by atoms with Crippen molar-refractivity contribution >= 4 is 17.5 Å². The lowest BCUT2D eigenvalue weighted by Gasteiger charge is -2.08. The van der Waals surface area contributed by atoms with Crippen LogP contribution in [-0.4, -0.2) is 7.11 Å². The van der Waals surface area contributed by atoms with Gasteiger partial charge in [0.05, 0.1) is 12.8 Å². The monoisotopic (exact) mass is 171 g/mol. The van der Waals surface area contributed by atoms with E-state index < -0.39 is 0 Å². The molecule has 0 aliphatic carbocycles. The predicted molar refractivity (Wildman–Crippen MR) is 47.2 cm³/mol. The third-order valence-corrected chi connectivity index (χ3v) is 1.74. The van der Waals surface area contributed by atoms with E-state index in [0.717, 1.165) is 17.0 Å². The highest BCUT2D eigenvalue weighted by Gasteiger charge is 2.02. The van der Waals surface area contributed by atoms with Gasteiger partial charge in [-0.2, -0.15) is 0 Å². The Morgan fingerprint density at radius 2 is 2.18 bits per heavy atom. The SMILES string of the molecule is COc1cccc(C)c1NCl.